The predicted molar refractivity (Wildman–Crippen MR) is 46.8 cm³/mol. The zero-order valence-corrected chi connectivity index (χ0v) is 7.64. The Morgan fingerprint density at radius 1 is 1.33 bits per heavy atom. The highest BCUT2D eigenvalue weighted by atomic mass is 16.7. The number of fused-ring (bicyclic) bond motifs is 3. The van der Waals surface area contributed by atoms with Crippen molar-refractivity contribution in [3.63, 3.8) is 0 Å². The van der Waals surface area contributed by atoms with Crippen molar-refractivity contribution in [2.45, 2.75) is 32.0 Å². The molecule has 0 aromatic heterocycles. The molecule has 0 amide bonds. The normalized spacial score (nSPS) is 46.1. The molecule has 3 aliphatic heterocycles. The lowest BCUT2D eigenvalue weighted by molar-refractivity contribution is -0.331. The van der Waals surface area contributed by atoms with Gasteiger partial charge in [-0.2, -0.15) is 0 Å². The van der Waals surface area contributed by atoms with E-state index < -0.39 is 0 Å². The van der Waals surface area contributed by atoms with E-state index in [1.807, 2.05) is 13.0 Å². The Bertz CT molecular complexity index is 173. The average Bonchev–Trinajstić information content (AvgIpc) is 2.08. The first-order chi connectivity index (χ1) is 5.68. The molecule has 68 valence electrons. The molecule has 3 fully saturated rings. The fourth-order valence-electron chi connectivity index (χ4n) is 2.00. The second-order valence-corrected chi connectivity index (χ2v) is 4.20. The summed E-state index contributed by atoms with van der Waals surface area (Å²) < 4.78 is 11.3. The second kappa shape index (κ2) is 2.57. The summed E-state index contributed by atoms with van der Waals surface area (Å²) in [6.45, 7) is 7.49. The highest BCUT2D eigenvalue weighted by Crippen LogP contribution is 2.45. The zero-order valence-electron chi connectivity index (χ0n) is 7.64. The number of ether oxygens (including phenoxy) is 2. The molecular weight excluding hydrogens is 152 g/mol. The zero-order chi connectivity index (χ0) is 8.66. The Labute approximate surface area is 73.5 Å². The van der Waals surface area contributed by atoms with Gasteiger partial charge in [-0.1, -0.05) is 6.08 Å². The Morgan fingerprint density at radius 2 is 2.00 bits per heavy atom. The molecular formula is C10H16O2. The molecule has 0 radical (unpaired) electrons. The maximum Gasteiger partial charge on any atom is 0.165 e. The van der Waals surface area contributed by atoms with E-state index >= 15 is 0 Å². The first kappa shape index (κ1) is 8.27. The van der Waals surface area contributed by atoms with Gasteiger partial charge in [-0.05, 0) is 19.8 Å². The molecule has 3 saturated heterocycles. The molecule has 2 nitrogen and oxygen atoms in total. The molecule has 0 aromatic rings. The standard InChI is InChI=1S/C10H16O2/c1-3-4-10-6-5-9(2,11-7-10)12-8-10/h3H,1,4-8H2,2H3. The maximum atomic E-state index is 5.65. The highest BCUT2D eigenvalue weighted by molar-refractivity contribution is 4.95. The van der Waals surface area contributed by atoms with Gasteiger partial charge in [-0.3, -0.25) is 0 Å². The van der Waals surface area contributed by atoms with E-state index in [9.17, 15) is 0 Å². The monoisotopic (exact) mass is 168 g/mol. The number of hydrogen-bond acceptors (Lipinski definition) is 2. The molecule has 0 spiro atoms. The van der Waals surface area contributed by atoms with Gasteiger partial charge >= 0.3 is 0 Å². The van der Waals surface area contributed by atoms with Crippen molar-refractivity contribution in [2.24, 2.45) is 5.41 Å². The lowest BCUT2D eigenvalue weighted by Gasteiger charge is -2.51. The summed E-state index contributed by atoms with van der Waals surface area (Å²) in [4.78, 5) is 0. The van der Waals surface area contributed by atoms with Crippen LogP contribution in [0.5, 0.6) is 0 Å². The summed E-state index contributed by atoms with van der Waals surface area (Å²) in [5.41, 5.74) is 0.250. The Hall–Kier alpha value is -0.340. The van der Waals surface area contributed by atoms with E-state index in [1.54, 1.807) is 0 Å². The first-order valence-corrected chi connectivity index (χ1v) is 4.57. The van der Waals surface area contributed by atoms with Crippen molar-refractivity contribution >= 4 is 0 Å². The van der Waals surface area contributed by atoms with Gasteiger partial charge in [0.05, 0.1) is 13.2 Å². The van der Waals surface area contributed by atoms with Crippen LogP contribution in [0.2, 0.25) is 0 Å². The molecule has 3 aliphatic rings. The summed E-state index contributed by atoms with van der Waals surface area (Å²) in [6.07, 6.45) is 5.24. The fourth-order valence-corrected chi connectivity index (χ4v) is 2.00. The summed E-state index contributed by atoms with van der Waals surface area (Å²) in [6, 6.07) is 0. The summed E-state index contributed by atoms with van der Waals surface area (Å²) in [5, 5.41) is 0. The van der Waals surface area contributed by atoms with Crippen LogP contribution in [0.25, 0.3) is 0 Å². The smallest absolute Gasteiger partial charge is 0.165 e. The average molecular weight is 168 g/mol. The lowest BCUT2D eigenvalue weighted by atomic mass is 9.76. The molecule has 0 unspecified atom stereocenters. The van der Waals surface area contributed by atoms with Crippen LogP contribution in [0.4, 0.5) is 0 Å². The van der Waals surface area contributed by atoms with Gasteiger partial charge in [0.15, 0.2) is 5.79 Å². The van der Waals surface area contributed by atoms with Crippen molar-refractivity contribution in [3.05, 3.63) is 12.7 Å². The van der Waals surface area contributed by atoms with Crippen LogP contribution in [0.1, 0.15) is 26.2 Å². The van der Waals surface area contributed by atoms with E-state index in [0.717, 1.165) is 26.1 Å². The molecule has 0 aromatic carbocycles. The van der Waals surface area contributed by atoms with Crippen LogP contribution in [-0.4, -0.2) is 19.0 Å². The van der Waals surface area contributed by atoms with Crippen LogP contribution in [0.15, 0.2) is 12.7 Å². The third-order valence-electron chi connectivity index (χ3n) is 3.05. The molecule has 12 heavy (non-hydrogen) atoms. The minimum atomic E-state index is -0.275. The van der Waals surface area contributed by atoms with Crippen molar-refractivity contribution in [1.82, 2.24) is 0 Å². The summed E-state index contributed by atoms with van der Waals surface area (Å²) in [7, 11) is 0. The third kappa shape index (κ3) is 1.19. The van der Waals surface area contributed by atoms with Crippen molar-refractivity contribution < 1.29 is 9.47 Å². The minimum Gasteiger partial charge on any atom is -0.350 e. The van der Waals surface area contributed by atoms with E-state index in [0.29, 0.717) is 0 Å². The predicted octanol–water partition coefficient (Wildman–Crippen LogP) is 2.11. The largest absolute Gasteiger partial charge is 0.350 e. The molecule has 0 atom stereocenters. The second-order valence-electron chi connectivity index (χ2n) is 4.20. The van der Waals surface area contributed by atoms with Crippen LogP contribution in [-0.2, 0) is 9.47 Å². The van der Waals surface area contributed by atoms with E-state index in [4.69, 9.17) is 9.47 Å². The minimum absolute atomic E-state index is 0.250. The van der Waals surface area contributed by atoms with Gasteiger partial charge in [0.25, 0.3) is 0 Å². The van der Waals surface area contributed by atoms with Crippen molar-refractivity contribution in [3.8, 4) is 0 Å². The maximum absolute atomic E-state index is 5.65. The van der Waals surface area contributed by atoms with Gasteiger partial charge in [0.1, 0.15) is 0 Å². The van der Waals surface area contributed by atoms with Crippen molar-refractivity contribution in [2.75, 3.05) is 13.2 Å². The van der Waals surface area contributed by atoms with Crippen molar-refractivity contribution in [1.29, 1.82) is 0 Å². The fraction of sp³-hybridized carbons (Fsp3) is 0.800. The summed E-state index contributed by atoms with van der Waals surface area (Å²) >= 11 is 0. The quantitative estimate of drug-likeness (QED) is 0.588. The topological polar surface area (TPSA) is 18.5 Å². The molecule has 3 heterocycles. The SMILES string of the molecule is C=CCC12CCC(C)(OC1)OC2. The molecule has 2 bridgehead atoms. The van der Waals surface area contributed by atoms with E-state index in [-0.39, 0.29) is 11.2 Å². The molecule has 2 heteroatoms. The van der Waals surface area contributed by atoms with Gasteiger partial charge in [-0.15, -0.1) is 6.58 Å². The van der Waals surface area contributed by atoms with Crippen LogP contribution in [0.3, 0.4) is 0 Å². The Balaban J connectivity index is 2.08. The van der Waals surface area contributed by atoms with Crippen LogP contribution >= 0.6 is 0 Å². The lowest BCUT2D eigenvalue weighted by Crippen LogP contribution is -2.53. The molecule has 0 aliphatic carbocycles. The van der Waals surface area contributed by atoms with Gasteiger partial charge in [0, 0.05) is 11.8 Å². The third-order valence-corrected chi connectivity index (χ3v) is 3.05. The molecule has 0 saturated carbocycles. The number of hydrogen-bond donors (Lipinski definition) is 0. The summed E-state index contributed by atoms with van der Waals surface area (Å²) in [5.74, 6) is -0.275. The van der Waals surface area contributed by atoms with Gasteiger partial charge < -0.3 is 9.47 Å². The van der Waals surface area contributed by atoms with E-state index in [2.05, 4.69) is 6.58 Å². The molecule has 3 rings (SSSR count). The van der Waals surface area contributed by atoms with E-state index in [1.165, 1.54) is 6.42 Å². The first-order valence-electron chi connectivity index (χ1n) is 4.57. The highest BCUT2D eigenvalue weighted by Gasteiger charge is 2.47. The van der Waals surface area contributed by atoms with Crippen LogP contribution in [0, 0.1) is 5.41 Å². The molecule has 0 N–H and O–H groups in total. The Morgan fingerprint density at radius 3 is 2.42 bits per heavy atom. The number of allylic oxidation sites excluding steroid dienone is 1. The van der Waals surface area contributed by atoms with Gasteiger partial charge in [0.2, 0.25) is 0 Å². The number of rotatable bonds is 2. The van der Waals surface area contributed by atoms with Crippen LogP contribution < -0.4 is 0 Å². The van der Waals surface area contributed by atoms with Gasteiger partial charge in [-0.25, -0.2) is 0 Å². The Kier molecular flexibility index (Phi) is 1.77.